The lowest BCUT2D eigenvalue weighted by atomic mass is 10.2. The molecule has 35 heavy (non-hydrogen) atoms. The zero-order valence-electron chi connectivity index (χ0n) is 18.0. The molecule has 1 amide bonds. The fraction of sp³-hybridized carbons (Fsp3) is 0.0455. The maximum atomic E-state index is 12.5. The van der Waals surface area contributed by atoms with Crippen molar-refractivity contribution >= 4 is 62.4 Å². The van der Waals surface area contributed by atoms with E-state index < -0.39 is 16.8 Å². The Labute approximate surface area is 205 Å². The molecular weight excluding hydrogens is 494 g/mol. The summed E-state index contributed by atoms with van der Waals surface area (Å²) in [5.74, 6) is -0.318. The summed E-state index contributed by atoms with van der Waals surface area (Å²) in [5.41, 5.74) is 10.0. The molecule has 0 saturated heterocycles. The van der Waals surface area contributed by atoms with Crippen LogP contribution in [0.5, 0.6) is 5.75 Å². The molecule has 1 aromatic heterocycles. The second-order valence-corrected chi connectivity index (χ2v) is 8.23. The highest BCUT2D eigenvalue weighted by Crippen LogP contribution is 2.36. The molecular formula is C22H16ClN7O4S. The third kappa shape index (κ3) is 5.09. The minimum Gasteiger partial charge on any atom is -0.497 e. The minimum atomic E-state index is -3.30. The van der Waals surface area contributed by atoms with Crippen molar-refractivity contribution in [2.75, 3.05) is 16.7 Å². The number of thiol groups is 1. The highest BCUT2D eigenvalue weighted by molar-refractivity contribution is 7.74. The zero-order chi connectivity index (χ0) is 24.9. The quantitative estimate of drug-likeness (QED) is 0.151. The highest BCUT2D eigenvalue weighted by Gasteiger charge is 2.22. The van der Waals surface area contributed by atoms with Crippen LogP contribution in [-0.4, -0.2) is 31.4 Å². The second kappa shape index (κ2) is 10.3. The van der Waals surface area contributed by atoms with E-state index in [9.17, 15) is 13.2 Å². The monoisotopic (exact) mass is 509 g/mol. The number of rotatable bonds is 7. The van der Waals surface area contributed by atoms with E-state index in [0.717, 1.165) is 4.31 Å². The molecule has 4 rings (SSSR count). The van der Waals surface area contributed by atoms with Gasteiger partial charge in [0.25, 0.3) is 0 Å². The molecule has 0 fully saturated rings. The van der Waals surface area contributed by atoms with E-state index in [4.69, 9.17) is 21.9 Å². The Morgan fingerprint density at radius 2 is 1.83 bits per heavy atom. The molecule has 11 nitrogen and oxygen atoms in total. The van der Waals surface area contributed by atoms with Gasteiger partial charge in [0.15, 0.2) is 11.6 Å². The van der Waals surface area contributed by atoms with Crippen LogP contribution in [-0.2, 0) is 10.9 Å². The van der Waals surface area contributed by atoms with Crippen molar-refractivity contribution in [3.05, 3.63) is 87.8 Å². The number of nitrogens with one attached hydrogen (secondary N) is 1. The van der Waals surface area contributed by atoms with Crippen LogP contribution in [0.1, 0.15) is 10.4 Å². The van der Waals surface area contributed by atoms with Gasteiger partial charge in [0, 0.05) is 16.5 Å². The van der Waals surface area contributed by atoms with E-state index in [-0.39, 0.29) is 22.9 Å². The van der Waals surface area contributed by atoms with Crippen LogP contribution in [0.4, 0.5) is 23.0 Å². The van der Waals surface area contributed by atoms with Gasteiger partial charge in [-0.15, -0.1) is 0 Å². The Kier molecular flexibility index (Phi) is 6.97. The maximum Gasteiger partial charge on any atom is 0.249 e. The standard InChI is InChI=1S/C22H16ClN7O4S/c1-34-15-9-10-16(23)19(12-15)26-20-21(27-18-8-3-2-7-17(18)25-20)30(35(32)33)14-6-4-5-13(11-14)22(31)28-29-24/h2-12,35H,1H3,(H,25,26). The number of ether oxygens (including phenoxy) is 1. The number of aromatic nitrogens is 2. The van der Waals surface area contributed by atoms with Crippen molar-refractivity contribution < 1.29 is 17.9 Å². The molecule has 0 aliphatic carbocycles. The molecule has 4 aromatic rings. The second-order valence-electron chi connectivity index (χ2n) is 6.95. The van der Waals surface area contributed by atoms with E-state index in [2.05, 4.69) is 25.3 Å². The van der Waals surface area contributed by atoms with E-state index in [1.807, 2.05) is 0 Å². The van der Waals surface area contributed by atoms with Gasteiger partial charge < -0.3 is 10.1 Å². The number of anilines is 4. The lowest BCUT2D eigenvalue weighted by Crippen LogP contribution is -2.18. The van der Waals surface area contributed by atoms with E-state index in [1.54, 1.807) is 42.5 Å². The molecule has 0 unspecified atom stereocenters. The summed E-state index contributed by atoms with van der Waals surface area (Å²) in [7, 11) is -1.80. The van der Waals surface area contributed by atoms with Crippen molar-refractivity contribution in [2.24, 2.45) is 5.11 Å². The summed E-state index contributed by atoms with van der Waals surface area (Å²) in [6.45, 7) is 0. The Bertz CT molecular complexity index is 1560. The van der Waals surface area contributed by atoms with Crippen molar-refractivity contribution in [1.29, 1.82) is 0 Å². The largest absolute Gasteiger partial charge is 0.497 e. The average molecular weight is 510 g/mol. The first kappa shape index (κ1) is 23.8. The molecule has 0 aliphatic heterocycles. The molecule has 13 heteroatoms. The first-order chi connectivity index (χ1) is 16.9. The molecule has 1 heterocycles. The van der Waals surface area contributed by atoms with Gasteiger partial charge in [-0.25, -0.2) is 22.7 Å². The molecule has 176 valence electrons. The SMILES string of the molecule is COc1ccc(Cl)c(Nc2nc3ccccc3nc2N(c2cccc(C(=O)N=[N+]=[N-])c2)[SH](=O)=O)c1. The minimum absolute atomic E-state index is 0.00116. The third-order valence-corrected chi connectivity index (χ3v) is 5.89. The van der Waals surface area contributed by atoms with Crippen molar-refractivity contribution in [2.45, 2.75) is 0 Å². The Morgan fingerprint density at radius 3 is 2.51 bits per heavy atom. The first-order valence-electron chi connectivity index (χ1n) is 9.92. The van der Waals surface area contributed by atoms with Gasteiger partial charge in [-0.3, -0.25) is 4.79 Å². The molecule has 0 bridgehead atoms. The first-order valence-corrected chi connectivity index (χ1v) is 11.4. The number of carbonyl (C=O) groups excluding carboxylic acids is 1. The van der Waals surface area contributed by atoms with Gasteiger partial charge in [-0.2, -0.15) is 0 Å². The summed E-state index contributed by atoms with van der Waals surface area (Å²) >= 11 is 6.34. The smallest absolute Gasteiger partial charge is 0.249 e. The number of methoxy groups -OCH3 is 1. The molecule has 0 saturated carbocycles. The highest BCUT2D eigenvalue weighted by atomic mass is 35.5. The maximum absolute atomic E-state index is 12.5. The van der Waals surface area contributed by atoms with Crippen LogP contribution in [0.3, 0.4) is 0 Å². The normalized spacial score (nSPS) is 10.6. The lowest BCUT2D eigenvalue weighted by molar-refractivity contribution is 0.100. The number of amides is 1. The zero-order valence-corrected chi connectivity index (χ0v) is 19.6. The molecule has 0 atom stereocenters. The molecule has 0 radical (unpaired) electrons. The van der Waals surface area contributed by atoms with Crippen LogP contribution in [0, 0.1) is 0 Å². The van der Waals surface area contributed by atoms with Gasteiger partial charge in [-0.1, -0.05) is 35.9 Å². The number of carbonyl (C=O) groups is 1. The predicted octanol–water partition coefficient (Wildman–Crippen LogP) is 5.15. The number of benzene rings is 3. The number of fused-ring (bicyclic) bond motifs is 1. The fourth-order valence-corrected chi connectivity index (χ4v) is 4.01. The van der Waals surface area contributed by atoms with Gasteiger partial charge in [0.2, 0.25) is 16.8 Å². The third-order valence-electron chi connectivity index (χ3n) is 4.82. The van der Waals surface area contributed by atoms with E-state index in [0.29, 0.717) is 27.5 Å². The Balaban J connectivity index is 1.91. The van der Waals surface area contributed by atoms with Crippen LogP contribution < -0.4 is 14.4 Å². The number of hydrogen-bond acceptors (Lipinski definition) is 7. The van der Waals surface area contributed by atoms with Gasteiger partial charge >= 0.3 is 0 Å². The van der Waals surface area contributed by atoms with Crippen LogP contribution in [0.15, 0.2) is 71.8 Å². The number of hydrogen-bond donors (Lipinski definition) is 2. The summed E-state index contributed by atoms with van der Waals surface area (Å²) in [6, 6.07) is 17.5. The topological polar surface area (TPSA) is 150 Å². The number of para-hydroxylation sites is 2. The van der Waals surface area contributed by atoms with E-state index >= 15 is 0 Å². The van der Waals surface area contributed by atoms with Crippen LogP contribution in [0.2, 0.25) is 5.02 Å². The molecule has 0 aliphatic rings. The van der Waals surface area contributed by atoms with Crippen molar-refractivity contribution in [3.8, 4) is 5.75 Å². The number of nitrogens with zero attached hydrogens (tertiary/aromatic N) is 6. The Morgan fingerprint density at radius 1 is 1.09 bits per heavy atom. The van der Waals surface area contributed by atoms with Crippen LogP contribution in [0.25, 0.3) is 21.5 Å². The lowest BCUT2D eigenvalue weighted by Gasteiger charge is -2.21. The van der Waals surface area contributed by atoms with Gasteiger partial charge in [0.1, 0.15) is 5.75 Å². The predicted molar refractivity (Wildman–Crippen MR) is 133 cm³/mol. The number of azide groups is 1. The summed E-state index contributed by atoms with van der Waals surface area (Å²) in [5, 5.41) is 6.44. The number of halogens is 1. The summed E-state index contributed by atoms with van der Waals surface area (Å²) in [4.78, 5) is 23.6. The summed E-state index contributed by atoms with van der Waals surface area (Å²) in [6.07, 6.45) is 0. The molecule has 0 spiro atoms. The van der Waals surface area contributed by atoms with E-state index in [1.165, 1.54) is 31.4 Å². The molecule has 1 N–H and O–H groups in total. The molecule has 3 aromatic carbocycles. The van der Waals surface area contributed by atoms with Gasteiger partial charge in [0.05, 0.1) is 34.5 Å². The average Bonchev–Trinajstić information content (AvgIpc) is 2.86. The van der Waals surface area contributed by atoms with Gasteiger partial charge in [-0.05, 0) is 47.0 Å². The van der Waals surface area contributed by atoms with Crippen molar-refractivity contribution in [3.63, 3.8) is 0 Å². The van der Waals surface area contributed by atoms with Crippen LogP contribution >= 0.6 is 11.6 Å². The fourth-order valence-electron chi connectivity index (χ4n) is 3.24. The summed E-state index contributed by atoms with van der Waals surface area (Å²) < 4.78 is 31.1. The Hall–Kier alpha value is -4.38. The van der Waals surface area contributed by atoms with Crippen molar-refractivity contribution in [1.82, 2.24) is 9.97 Å².